The fourth-order valence-corrected chi connectivity index (χ4v) is 2.96. The molecule has 3 rings (SSSR count). The molecule has 0 spiro atoms. The molecule has 0 aliphatic carbocycles. The summed E-state index contributed by atoms with van der Waals surface area (Å²) in [5.74, 6) is 0.815. The summed E-state index contributed by atoms with van der Waals surface area (Å²) >= 11 is 0. The van der Waals surface area contributed by atoms with E-state index in [0.29, 0.717) is 48.8 Å². The summed E-state index contributed by atoms with van der Waals surface area (Å²) in [6, 6.07) is 0. The van der Waals surface area contributed by atoms with Crippen molar-refractivity contribution in [2.45, 2.75) is 39.4 Å². The second-order valence-corrected chi connectivity index (χ2v) is 6.22. The molecule has 1 aliphatic rings. The highest BCUT2D eigenvalue weighted by Gasteiger charge is 2.35. The zero-order chi connectivity index (χ0) is 18.2. The molecular formula is C16H18F3N5O. The first-order chi connectivity index (χ1) is 11.7. The third kappa shape index (κ3) is 3.80. The van der Waals surface area contributed by atoms with Gasteiger partial charge >= 0.3 is 6.18 Å². The number of carbonyl (C=O) groups is 1. The van der Waals surface area contributed by atoms with Gasteiger partial charge in [0.2, 0.25) is 0 Å². The van der Waals surface area contributed by atoms with Crippen molar-refractivity contribution in [3.8, 4) is 0 Å². The van der Waals surface area contributed by atoms with Gasteiger partial charge in [-0.25, -0.2) is 15.0 Å². The first-order valence-corrected chi connectivity index (χ1v) is 7.95. The molecule has 0 radical (unpaired) electrons. The van der Waals surface area contributed by atoms with Gasteiger partial charge in [0, 0.05) is 31.9 Å². The molecule has 1 aliphatic heterocycles. The normalized spacial score (nSPS) is 17.2. The first-order valence-electron chi connectivity index (χ1n) is 7.95. The number of halogens is 3. The Morgan fingerprint density at radius 3 is 2.80 bits per heavy atom. The highest BCUT2D eigenvalue weighted by molar-refractivity contribution is 5.94. The van der Waals surface area contributed by atoms with Gasteiger partial charge in [-0.15, -0.1) is 0 Å². The van der Waals surface area contributed by atoms with Crippen LogP contribution in [0.4, 0.5) is 13.2 Å². The molecule has 0 aromatic carbocycles. The SMILES string of the molecule is Cc1ncc(C(=O)NC[C@H]2CCc3nc(C(F)(F)F)cn3C2)c(C)n1. The lowest BCUT2D eigenvalue weighted by atomic mass is 9.99. The number of hydrogen-bond donors (Lipinski definition) is 1. The van der Waals surface area contributed by atoms with E-state index in [1.807, 2.05) is 0 Å². The molecule has 9 heteroatoms. The van der Waals surface area contributed by atoms with E-state index >= 15 is 0 Å². The van der Waals surface area contributed by atoms with Crippen molar-refractivity contribution in [3.05, 3.63) is 41.0 Å². The number of imidazole rings is 1. The number of rotatable bonds is 3. The topological polar surface area (TPSA) is 72.7 Å². The highest BCUT2D eigenvalue weighted by Crippen LogP contribution is 2.30. The van der Waals surface area contributed by atoms with Gasteiger partial charge in [-0.3, -0.25) is 4.79 Å². The van der Waals surface area contributed by atoms with Crippen LogP contribution in [0.3, 0.4) is 0 Å². The Bertz CT molecular complexity index is 800. The van der Waals surface area contributed by atoms with Gasteiger partial charge in [0.25, 0.3) is 5.91 Å². The quantitative estimate of drug-likeness (QED) is 0.919. The number of hydrogen-bond acceptors (Lipinski definition) is 4. The number of nitrogens with zero attached hydrogens (tertiary/aromatic N) is 4. The number of fused-ring (bicyclic) bond motifs is 1. The average Bonchev–Trinajstić information content (AvgIpc) is 2.96. The van der Waals surface area contributed by atoms with Crippen molar-refractivity contribution in [2.75, 3.05) is 6.54 Å². The van der Waals surface area contributed by atoms with Crippen LogP contribution in [-0.2, 0) is 19.1 Å². The number of aryl methyl sites for hydroxylation is 3. The summed E-state index contributed by atoms with van der Waals surface area (Å²) < 4.78 is 39.7. The van der Waals surface area contributed by atoms with Crippen LogP contribution < -0.4 is 5.32 Å². The molecule has 2 aromatic rings. The molecule has 0 saturated heterocycles. The number of aromatic nitrogens is 4. The van der Waals surface area contributed by atoms with Gasteiger partial charge in [0.05, 0.1) is 11.3 Å². The molecule has 25 heavy (non-hydrogen) atoms. The molecule has 0 unspecified atom stereocenters. The van der Waals surface area contributed by atoms with E-state index in [9.17, 15) is 18.0 Å². The average molecular weight is 353 g/mol. The second-order valence-electron chi connectivity index (χ2n) is 6.22. The summed E-state index contributed by atoms with van der Waals surface area (Å²) in [5.41, 5.74) is 0.143. The number of amides is 1. The third-order valence-electron chi connectivity index (χ3n) is 4.28. The van der Waals surface area contributed by atoms with Gasteiger partial charge in [0.15, 0.2) is 5.69 Å². The van der Waals surface area contributed by atoms with E-state index in [2.05, 4.69) is 20.3 Å². The molecule has 2 aromatic heterocycles. The molecule has 1 N–H and O–H groups in total. The molecule has 6 nitrogen and oxygen atoms in total. The predicted octanol–water partition coefficient (Wildman–Crippen LogP) is 2.30. The standard InChI is InChI=1S/C16H18F3N5O/c1-9-12(6-20-10(2)22-9)15(25)21-5-11-3-4-14-23-13(16(17,18)19)8-24(14)7-11/h6,8,11H,3-5,7H2,1-2H3,(H,21,25)/t11-/m1/s1. The van der Waals surface area contributed by atoms with Crippen LogP contribution in [0.5, 0.6) is 0 Å². The second kappa shape index (κ2) is 6.45. The van der Waals surface area contributed by atoms with Crippen LogP contribution in [0, 0.1) is 19.8 Å². The molecule has 0 bridgehead atoms. The molecular weight excluding hydrogens is 335 g/mol. The van der Waals surface area contributed by atoms with Gasteiger partial charge in [-0.2, -0.15) is 13.2 Å². The minimum atomic E-state index is -4.43. The van der Waals surface area contributed by atoms with E-state index < -0.39 is 11.9 Å². The number of carbonyl (C=O) groups excluding carboxylic acids is 1. The van der Waals surface area contributed by atoms with E-state index in [1.54, 1.807) is 13.8 Å². The molecule has 134 valence electrons. The Morgan fingerprint density at radius 2 is 2.12 bits per heavy atom. The summed E-state index contributed by atoms with van der Waals surface area (Å²) in [5, 5.41) is 2.82. The van der Waals surface area contributed by atoms with Gasteiger partial charge in [-0.1, -0.05) is 0 Å². The van der Waals surface area contributed by atoms with Gasteiger partial charge in [0.1, 0.15) is 11.6 Å². The highest BCUT2D eigenvalue weighted by atomic mass is 19.4. The Labute approximate surface area is 142 Å². The molecule has 0 fully saturated rings. The minimum Gasteiger partial charge on any atom is -0.352 e. The van der Waals surface area contributed by atoms with E-state index in [4.69, 9.17) is 0 Å². The van der Waals surface area contributed by atoms with Crippen LogP contribution in [0.2, 0.25) is 0 Å². The Kier molecular flexibility index (Phi) is 4.49. The zero-order valence-corrected chi connectivity index (χ0v) is 13.9. The van der Waals surface area contributed by atoms with Crippen LogP contribution in [0.25, 0.3) is 0 Å². The summed E-state index contributed by atoms with van der Waals surface area (Å²) in [4.78, 5) is 24.1. The van der Waals surface area contributed by atoms with Crippen LogP contribution in [0.1, 0.15) is 39.8 Å². The maximum absolute atomic E-state index is 12.7. The lowest BCUT2D eigenvalue weighted by molar-refractivity contribution is -0.141. The third-order valence-corrected chi connectivity index (χ3v) is 4.28. The van der Waals surface area contributed by atoms with Crippen LogP contribution >= 0.6 is 0 Å². The van der Waals surface area contributed by atoms with Crippen LogP contribution in [0.15, 0.2) is 12.4 Å². The van der Waals surface area contributed by atoms with Gasteiger partial charge in [-0.05, 0) is 26.2 Å². The fraction of sp³-hybridized carbons (Fsp3) is 0.500. The van der Waals surface area contributed by atoms with Crippen molar-refractivity contribution in [1.82, 2.24) is 24.8 Å². The molecule has 1 amide bonds. The Hall–Kier alpha value is -2.45. The largest absolute Gasteiger partial charge is 0.434 e. The van der Waals surface area contributed by atoms with Crippen molar-refractivity contribution in [1.29, 1.82) is 0 Å². The Morgan fingerprint density at radius 1 is 1.36 bits per heavy atom. The fourth-order valence-electron chi connectivity index (χ4n) is 2.96. The summed E-state index contributed by atoms with van der Waals surface area (Å²) in [6.07, 6.45) is -0.767. The summed E-state index contributed by atoms with van der Waals surface area (Å²) in [6.45, 7) is 4.27. The zero-order valence-electron chi connectivity index (χ0n) is 13.9. The maximum Gasteiger partial charge on any atom is 0.434 e. The lowest BCUT2D eigenvalue weighted by Crippen LogP contribution is -2.34. The van der Waals surface area contributed by atoms with Gasteiger partial charge < -0.3 is 9.88 Å². The minimum absolute atomic E-state index is 0.0541. The van der Waals surface area contributed by atoms with E-state index in [0.717, 1.165) is 6.20 Å². The van der Waals surface area contributed by atoms with Crippen molar-refractivity contribution >= 4 is 5.91 Å². The van der Waals surface area contributed by atoms with Crippen LogP contribution in [-0.4, -0.2) is 32.0 Å². The van der Waals surface area contributed by atoms with E-state index in [-0.39, 0.29) is 11.8 Å². The monoisotopic (exact) mass is 353 g/mol. The van der Waals surface area contributed by atoms with Crippen molar-refractivity contribution in [3.63, 3.8) is 0 Å². The summed E-state index contributed by atoms with van der Waals surface area (Å²) in [7, 11) is 0. The molecule has 0 saturated carbocycles. The maximum atomic E-state index is 12.7. The smallest absolute Gasteiger partial charge is 0.352 e. The lowest BCUT2D eigenvalue weighted by Gasteiger charge is -2.24. The number of nitrogens with one attached hydrogen (secondary N) is 1. The number of alkyl halides is 3. The molecule has 3 heterocycles. The van der Waals surface area contributed by atoms with Crippen molar-refractivity contribution in [2.24, 2.45) is 5.92 Å². The van der Waals surface area contributed by atoms with Crippen molar-refractivity contribution < 1.29 is 18.0 Å². The van der Waals surface area contributed by atoms with E-state index in [1.165, 1.54) is 10.8 Å². The first kappa shape index (κ1) is 17.4. The predicted molar refractivity (Wildman–Crippen MR) is 82.9 cm³/mol. The Balaban J connectivity index is 1.61. The molecule has 1 atom stereocenters.